The van der Waals surface area contributed by atoms with E-state index in [1.54, 1.807) is 4.68 Å². The Balaban J connectivity index is 1.37. The van der Waals surface area contributed by atoms with E-state index in [9.17, 15) is 4.79 Å². The van der Waals surface area contributed by atoms with Crippen LogP contribution in [0.3, 0.4) is 0 Å². The van der Waals surface area contributed by atoms with E-state index in [0.29, 0.717) is 17.1 Å². The predicted octanol–water partition coefficient (Wildman–Crippen LogP) is 2.37. The smallest absolute Gasteiger partial charge is 0.253 e. The molecule has 2 heterocycles. The van der Waals surface area contributed by atoms with E-state index < -0.39 is 0 Å². The molecule has 1 aromatic heterocycles. The monoisotopic (exact) mass is 376 g/mol. The molecule has 1 fully saturated rings. The van der Waals surface area contributed by atoms with Crippen LogP contribution >= 0.6 is 0 Å². The number of tetrazole rings is 1. The molecule has 1 amide bonds. The molecule has 1 aliphatic rings. The first-order chi connectivity index (χ1) is 13.7. The minimum atomic E-state index is -0.0768. The molecule has 1 aliphatic heterocycles. The Bertz CT molecular complexity index is 931. The lowest BCUT2D eigenvalue weighted by Crippen LogP contribution is -2.44. The number of aromatic nitrogens is 4. The van der Waals surface area contributed by atoms with Gasteiger partial charge in [-0.3, -0.25) is 9.69 Å². The summed E-state index contributed by atoms with van der Waals surface area (Å²) >= 11 is 0. The fraction of sp³-hybridized carbons (Fsp3) is 0.333. The second kappa shape index (κ2) is 8.31. The maximum absolute atomic E-state index is 12.9. The molecule has 1 N–H and O–H groups in total. The minimum absolute atomic E-state index is 0.0768. The highest BCUT2D eigenvalue weighted by Crippen LogP contribution is 2.17. The molecule has 28 heavy (non-hydrogen) atoms. The fourth-order valence-corrected chi connectivity index (χ4v) is 3.64. The van der Waals surface area contributed by atoms with E-state index in [4.69, 9.17) is 0 Å². The highest BCUT2D eigenvalue weighted by atomic mass is 16.1. The van der Waals surface area contributed by atoms with Crippen molar-refractivity contribution < 1.29 is 4.79 Å². The molecule has 4 rings (SSSR count). The Hall–Kier alpha value is -3.06. The van der Waals surface area contributed by atoms with E-state index in [0.717, 1.165) is 32.5 Å². The predicted molar refractivity (Wildman–Crippen MR) is 106 cm³/mol. The molecule has 0 aliphatic carbocycles. The summed E-state index contributed by atoms with van der Waals surface area (Å²) < 4.78 is 1.59. The first kappa shape index (κ1) is 18.3. The molecule has 7 nitrogen and oxygen atoms in total. The lowest BCUT2D eigenvalue weighted by atomic mass is 10.0. The highest BCUT2D eigenvalue weighted by Gasteiger charge is 2.23. The number of hydrogen-bond donors (Lipinski definition) is 1. The molecule has 0 spiro atoms. The van der Waals surface area contributed by atoms with Crippen molar-refractivity contribution in [3.8, 4) is 5.69 Å². The third-order valence-corrected chi connectivity index (χ3v) is 5.17. The van der Waals surface area contributed by atoms with Crippen molar-refractivity contribution >= 4 is 5.91 Å². The average molecular weight is 376 g/mol. The molecule has 2 aromatic carbocycles. The Kier molecular flexibility index (Phi) is 5.43. The number of benzene rings is 2. The first-order valence-corrected chi connectivity index (χ1v) is 9.62. The summed E-state index contributed by atoms with van der Waals surface area (Å²) in [4.78, 5) is 15.3. The minimum Gasteiger partial charge on any atom is -0.349 e. The highest BCUT2D eigenvalue weighted by molar-refractivity contribution is 5.97. The quantitative estimate of drug-likeness (QED) is 0.740. The molecule has 7 heteroatoms. The zero-order chi connectivity index (χ0) is 19.3. The molecular weight excluding hydrogens is 352 g/mol. The lowest BCUT2D eigenvalue weighted by molar-refractivity contribution is 0.0909. The van der Waals surface area contributed by atoms with Gasteiger partial charge in [0.15, 0.2) is 5.82 Å². The van der Waals surface area contributed by atoms with Crippen LogP contribution in [0.4, 0.5) is 0 Å². The van der Waals surface area contributed by atoms with E-state index in [2.05, 4.69) is 50.0 Å². The van der Waals surface area contributed by atoms with Crippen LogP contribution in [0, 0.1) is 6.92 Å². The summed E-state index contributed by atoms with van der Waals surface area (Å²) in [6.07, 6.45) is 1.90. The van der Waals surface area contributed by atoms with Gasteiger partial charge in [-0.2, -0.15) is 4.68 Å². The van der Waals surface area contributed by atoms with Gasteiger partial charge >= 0.3 is 0 Å². The number of likely N-dealkylation sites (tertiary alicyclic amines) is 1. The Morgan fingerprint density at radius 1 is 1.07 bits per heavy atom. The summed E-state index contributed by atoms with van der Waals surface area (Å²) in [5, 5.41) is 14.8. The average Bonchev–Trinajstić information content (AvgIpc) is 3.16. The number of piperidine rings is 1. The van der Waals surface area contributed by atoms with Crippen molar-refractivity contribution in [3.05, 3.63) is 71.5 Å². The standard InChI is InChI=1S/C21H24N6O/c1-16-23-24-25-27(16)20-10-6-5-9-19(20)21(28)22-18-11-13-26(14-12-18)15-17-7-3-2-4-8-17/h2-10,18H,11-15H2,1H3,(H,22,28). The topological polar surface area (TPSA) is 75.9 Å². The maximum Gasteiger partial charge on any atom is 0.253 e. The van der Waals surface area contributed by atoms with Crippen LogP contribution in [0.25, 0.3) is 5.69 Å². The van der Waals surface area contributed by atoms with Crippen LogP contribution in [0.1, 0.15) is 34.6 Å². The summed E-state index contributed by atoms with van der Waals surface area (Å²) in [6.45, 7) is 4.74. The molecule has 0 bridgehead atoms. The van der Waals surface area contributed by atoms with Crippen molar-refractivity contribution in [2.24, 2.45) is 0 Å². The largest absolute Gasteiger partial charge is 0.349 e. The van der Waals surface area contributed by atoms with Crippen molar-refractivity contribution in [3.63, 3.8) is 0 Å². The van der Waals surface area contributed by atoms with E-state index in [1.165, 1.54) is 5.56 Å². The van der Waals surface area contributed by atoms with Gasteiger partial charge in [0.2, 0.25) is 0 Å². The number of nitrogens with one attached hydrogen (secondary N) is 1. The van der Waals surface area contributed by atoms with E-state index in [-0.39, 0.29) is 11.9 Å². The van der Waals surface area contributed by atoms with Crippen LogP contribution in [-0.4, -0.2) is 50.1 Å². The second-order valence-electron chi connectivity index (χ2n) is 7.16. The van der Waals surface area contributed by atoms with Gasteiger partial charge in [0.25, 0.3) is 5.91 Å². The number of nitrogens with zero attached hydrogens (tertiary/aromatic N) is 5. The fourth-order valence-electron chi connectivity index (χ4n) is 3.64. The second-order valence-corrected chi connectivity index (χ2v) is 7.16. The van der Waals surface area contributed by atoms with Crippen LogP contribution in [0.15, 0.2) is 54.6 Å². The molecule has 0 atom stereocenters. The van der Waals surface area contributed by atoms with Crippen molar-refractivity contribution in [1.82, 2.24) is 30.4 Å². The van der Waals surface area contributed by atoms with Gasteiger partial charge in [0, 0.05) is 25.7 Å². The van der Waals surface area contributed by atoms with Crippen LogP contribution < -0.4 is 5.32 Å². The molecule has 0 unspecified atom stereocenters. The van der Waals surface area contributed by atoms with E-state index >= 15 is 0 Å². The van der Waals surface area contributed by atoms with Crippen LogP contribution in [0.5, 0.6) is 0 Å². The zero-order valence-corrected chi connectivity index (χ0v) is 16.0. The molecule has 3 aromatic rings. The van der Waals surface area contributed by atoms with Gasteiger partial charge in [-0.25, -0.2) is 0 Å². The van der Waals surface area contributed by atoms with Gasteiger partial charge < -0.3 is 5.32 Å². The Morgan fingerprint density at radius 2 is 1.79 bits per heavy atom. The third-order valence-electron chi connectivity index (χ3n) is 5.17. The summed E-state index contributed by atoms with van der Waals surface area (Å²) in [5.41, 5.74) is 2.62. The number of carbonyl (C=O) groups is 1. The summed E-state index contributed by atoms with van der Waals surface area (Å²) in [7, 11) is 0. The van der Waals surface area contributed by atoms with Gasteiger partial charge in [-0.05, 0) is 47.9 Å². The van der Waals surface area contributed by atoms with Gasteiger partial charge in [0.05, 0.1) is 11.3 Å². The van der Waals surface area contributed by atoms with Gasteiger partial charge in [0.1, 0.15) is 0 Å². The maximum atomic E-state index is 12.9. The summed E-state index contributed by atoms with van der Waals surface area (Å²) in [6, 6.07) is 18.1. The summed E-state index contributed by atoms with van der Waals surface area (Å²) in [5.74, 6) is 0.571. The number of amides is 1. The van der Waals surface area contributed by atoms with Gasteiger partial charge in [-0.15, -0.1) is 5.10 Å². The van der Waals surface area contributed by atoms with E-state index in [1.807, 2.05) is 37.3 Å². The van der Waals surface area contributed by atoms with Crippen molar-refractivity contribution in [2.75, 3.05) is 13.1 Å². The number of para-hydroxylation sites is 1. The SMILES string of the molecule is Cc1nnnn1-c1ccccc1C(=O)NC1CCN(Cc2ccccc2)CC1. The zero-order valence-electron chi connectivity index (χ0n) is 16.0. The first-order valence-electron chi connectivity index (χ1n) is 9.62. The number of aryl methyl sites for hydroxylation is 1. The molecule has 0 radical (unpaired) electrons. The normalized spacial score (nSPS) is 15.5. The molecule has 1 saturated heterocycles. The molecule has 0 saturated carbocycles. The number of carbonyl (C=O) groups excluding carboxylic acids is 1. The molecule has 144 valence electrons. The van der Waals surface area contributed by atoms with Crippen LogP contribution in [0.2, 0.25) is 0 Å². The number of rotatable bonds is 5. The van der Waals surface area contributed by atoms with Gasteiger partial charge in [-0.1, -0.05) is 42.5 Å². The number of hydrogen-bond acceptors (Lipinski definition) is 5. The van der Waals surface area contributed by atoms with Crippen molar-refractivity contribution in [2.45, 2.75) is 32.4 Å². The Labute approximate surface area is 164 Å². The van der Waals surface area contributed by atoms with Crippen molar-refractivity contribution in [1.29, 1.82) is 0 Å². The van der Waals surface area contributed by atoms with Crippen LogP contribution in [-0.2, 0) is 6.54 Å². The third kappa shape index (κ3) is 4.09. The molecular formula is C21H24N6O. The Morgan fingerprint density at radius 3 is 2.50 bits per heavy atom. The lowest BCUT2D eigenvalue weighted by Gasteiger charge is -2.32.